The van der Waals surface area contributed by atoms with Crippen LogP contribution >= 0.6 is 0 Å². The maximum atomic E-state index is 6.63. The summed E-state index contributed by atoms with van der Waals surface area (Å²) in [4.78, 5) is 10.1. The molecule has 0 N–H and O–H groups in total. The average Bonchev–Trinajstić information content (AvgIpc) is 3.05. The topological polar surface area (TPSA) is 35.0 Å². The third-order valence-corrected chi connectivity index (χ3v) is 7.71. The van der Waals surface area contributed by atoms with Gasteiger partial charge >= 0.3 is 0 Å². The normalized spacial score (nSPS) is 11.6. The van der Waals surface area contributed by atoms with Crippen molar-refractivity contribution in [3.63, 3.8) is 0 Å². The number of para-hydroxylation sites is 1. The Morgan fingerprint density at radius 3 is 1.78 bits per heavy atom. The molecule has 1 aromatic heterocycles. The standard InChI is InChI=1S/C38H24N2O/c1-3-10-25(11-4-1)26-20-22-27(23-21-26)33-24-34(40-38(39-33)29-12-5-2-6-13-29)32-18-9-17-31-30-16-7-14-28-15-8-19-35(36(28)30)41-37(31)32/h1-24H. The zero-order valence-electron chi connectivity index (χ0n) is 22.2. The largest absolute Gasteiger partial charge is 0.455 e. The summed E-state index contributed by atoms with van der Waals surface area (Å²) in [5, 5.41) is 2.32. The lowest BCUT2D eigenvalue weighted by Crippen LogP contribution is -2.01. The summed E-state index contributed by atoms with van der Waals surface area (Å²) in [5.41, 5.74) is 9.24. The lowest BCUT2D eigenvalue weighted by molar-refractivity contribution is 0.488. The van der Waals surface area contributed by atoms with Crippen LogP contribution in [0.15, 0.2) is 146 Å². The van der Waals surface area contributed by atoms with E-state index < -0.39 is 0 Å². The molecule has 0 unspecified atom stereocenters. The van der Waals surface area contributed by atoms with Crippen LogP contribution in [0.2, 0.25) is 0 Å². The van der Waals surface area contributed by atoms with Crippen LogP contribution in [0.5, 0.6) is 11.5 Å². The first-order valence-electron chi connectivity index (χ1n) is 13.8. The first-order chi connectivity index (χ1) is 20.3. The maximum absolute atomic E-state index is 6.63. The van der Waals surface area contributed by atoms with Crippen molar-refractivity contribution in [2.45, 2.75) is 0 Å². The first kappa shape index (κ1) is 23.4. The number of nitrogens with zero attached hydrogens (tertiary/aromatic N) is 2. The van der Waals surface area contributed by atoms with Crippen LogP contribution < -0.4 is 4.74 Å². The number of fused-ring (bicyclic) bond motifs is 2. The molecule has 2 heterocycles. The number of aromatic nitrogens is 2. The molecule has 1 aliphatic rings. The molecular formula is C38H24N2O. The van der Waals surface area contributed by atoms with Gasteiger partial charge < -0.3 is 4.74 Å². The van der Waals surface area contributed by atoms with E-state index in [1.54, 1.807) is 0 Å². The van der Waals surface area contributed by atoms with Crippen LogP contribution in [0.1, 0.15) is 0 Å². The second-order valence-corrected chi connectivity index (χ2v) is 10.2. The summed E-state index contributed by atoms with van der Waals surface area (Å²) in [6.45, 7) is 0. The lowest BCUT2D eigenvalue weighted by atomic mass is 9.92. The van der Waals surface area contributed by atoms with Gasteiger partial charge in [-0.1, -0.05) is 127 Å². The van der Waals surface area contributed by atoms with Crippen molar-refractivity contribution >= 4 is 10.8 Å². The molecular weight excluding hydrogens is 500 g/mol. The minimum atomic E-state index is 0.682. The molecule has 0 fully saturated rings. The van der Waals surface area contributed by atoms with Gasteiger partial charge in [0.25, 0.3) is 0 Å². The van der Waals surface area contributed by atoms with Crippen LogP contribution in [0, 0.1) is 0 Å². The van der Waals surface area contributed by atoms with E-state index in [9.17, 15) is 0 Å². The van der Waals surface area contributed by atoms with Crippen LogP contribution in [0.4, 0.5) is 0 Å². The summed E-state index contributed by atoms with van der Waals surface area (Å²) in [6.07, 6.45) is 0. The maximum Gasteiger partial charge on any atom is 0.160 e. The van der Waals surface area contributed by atoms with E-state index in [1.165, 1.54) is 22.1 Å². The highest BCUT2D eigenvalue weighted by atomic mass is 16.5. The Bertz CT molecular complexity index is 2040. The number of hydrogen-bond donors (Lipinski definition) is 0. The lowest BCUT2D eigenvalue weighted by Gasteiger charge is -2.23. The predicted molar refractivity (Wildman–Crippen MR) is 167 cm³/mol. The van der Waals surface area contributed by atoms with Gasteiger partial charge in [-0.3, -0.25) is 0 Å². The first-order valence-corrected chi connectivity index (χ1v) is 13.8. The molecule has 0 saturated heterocycles. The van der Waals surface area contributed by atoms with E-state index in [0.29, 0.717) is 5.82 Å². The molecule has 41 heavy (non-hydrogen) atoms. The van der Waals surface area contributed by atoms with E-state index >= 15 is 0 Å². The summed E-state index contributed by atoms with van der Waals surface area (Å²) < 4.78 is 6.63. The third kappa shape index (κ3) is 4.07. The second-order valence-electron chi connectivity index (χ2n) is 10.2. The summed E-state index contributed by atoms with van der Waals surface area (Å²) in [6, 6.07) is 50.2. The van der Waals surface area contributed by atoms with Crippen molar-refractivity contribution in [1.29, 1.82) is 0 Å². The molecule has 3 heteroatoms. The Morgan fingerprint density at radius 2 is 1.00 bits per heavy atom. The van der Waals surface area contributed by atoms with Gasteiger partial charge in [0, 0.05) is 27.6 Å². The highest BCUT2D eigenvalue weighted by Crippen LogP contribution is 2.50. The number of benzene rings is 6. The highest BCUT2D eigenvalue weighted by Gasteiger charge is 2.24. The molecule has 7 aromatic rings. The van der Waals surface area contributed by atoms with Gasteiger partial charge in [-0.15, -0.1) is 0 Å². The molecule has 0 bridgehead atoms. The minimum absolute atomic E-state index is 0.682. The monoisotopic (exact) mass is 524 g/mol. The van der Waals surface area contributed by atoms with Crippen molar-refractivity contribution in [2.24, 2.45) is 0 Å². The minimum Gasteiger partial charge on any atom is -0.455 e. The van der Waals surface area contributed by atoms with Gasteiger partial charge in [0.2, 0.25) is 0 Å². The SMILES string of the molecule is c1ccc(-c2ccc(-c3cc(-c4cccc5c4Oc4cccc6cccc-5c46)nc(-c4ccccc4)n3)cc2)cc1. The third-order valence-electron chi connectivity index (χ3n) is 7.71. The molecule has 0 atom stereocenters. The molecule has 192 valence electrons. The molecule has 0 aliphatic carbocycles. The fraction of sp³-hybridized carbons (Fsp3) is 0. The van der Waals surface area contributed by atoms with Crippen LogP contribution in [-0.2, 0) is 0 Å². The summed E-state index contributed by atoms with van der Waals surface area (Å²) >= 11 is 0. The van der Waals surface area contributed by atoms with E-state index in [0.717, 1.165) is 50.5 Å². The molecule has 1 aliphatic heterocycles. The average molecular weight is 525 g/mol. The van der Waals surface area contributed by atoms with Gasteiger partial charge in [-0.05, 0) is 40.3 Å². The highest BCUT2D eigenvalue weighted by molar-refractivity contribution is 6.05. The molecule has 0 amide bonds. The quantitative estimate of drug-likeness (QED) is 0.230. The fourth-order valence-corrected chi connectivity index (χ4v) is 5.70. The van der Waals surface area contributed by atoms with Gasteiger partial charge in [-0.2, -0.15) is 0 Å². The Morgan fingerprint density at radius 1 is 0.415 bits per heavy atom. The van der Waals surface area contributed by atoms with E-state index in [4.69, 9.17) is 14.7 Å². The van der Waals surface area contributed by atoms with Gasteiger partial charge in [0.15, 0.2) is 5.82 Å². The van der Waals surface area contributed by atoms with Crippen molar-refractivity contribution < 1.29 is 4.74 Å². The Hall–Kier alpha value is -5.54. The van der Waals surface area contributed by atoms with E-state index in [2.05, 4.69) is 109 Å². The van der Waals surface area contributed by atoms with E-state index in [-0.39, 0.29) is 0 Å². The molecule has 8 rings (SSSR count). The Kier molecular flexibility index (Phi) is 5.46. The van der Waals surface area contributed by atoms with Crippen molar-refractivity contribution in [1.82, 2.24) is 9.97 Å². The Labute approximate surface area is 238 Å². The molecule has 0 spiro atoms. The zero-order chi connectivity index (χ0) is 27.2. The number of hydrogen-bond acceptors (Lipinski definition) is 3. The van der Waals surface area contributed by atoms with Gasteiger partial charge in [0.05, 0.1) is 11.4 Å². The number of rotatable bonds is 4. The fourth-order valence-electron chi connectivity index (χ4n) is 5.70. The van der Waals surface area contributed by atoms with Crippen molar-refractivity contribution in [3.8, 4) is 67.7 Å². The van der Waals surface area contributed by atoms with Gasteiger partial charge in [0.1, 0.15) is 11.5 Å². The van der Waals surface area contributed by atoms with E-state index in [1.807, 2.05) is 36.4 Å². The zero-order valence-corrected chi connectivity index (χ0v) is 22.2. The van der Waals surface area contributed by atoms with Crippen molar-refractivity contribution in [2.75, 3.05) is 0 Å². The van der Waals surface area contributed by atoms with Crippen molar-refractivity contribution in [3.05, 3.63) is 146 Å². The molecule has 3 nitrogen and oxygen atoms in total. The summed E-state index contributed by atoms with van der Waals surface area (Å²) in [7, 11) is 0. The predicted octanol–water partition coefficient (Wildman–Crippen LogP) is 10.1. The second kappa shape index (κ2) is 9.58. The Balaban J connectivity index is 1.30. The van der Waals surface area contributed by atoms with Crippen LogP contribution in [0.3, 0.4) is 0 Å². The number of ether oxygens (including phenoxy) is 1. The molecule has 0 radical (unpaired) electrons. The van der Waals surface area contributed by atoms with Gasteiger partial charge in [-0.25, -0.2) is 9.97 Å². The summed E-state index contributed by atoms with van der Waals surface area (Å²) in [5.74, 6) is 2.37. The molecule has 6 aromatic carbocycles. The van der Waals surface area contributed by atoms with Crippen LogP contribution in [-0.4, -0.2) is 9.97 Å². The molecule has 0 saturated carbocycles. The smallest absolute Gasteiger partial charge is 0.160 e. The van der Waals surface area contributed by atoms with Crippen LogP contribution in [0.25, 0.3) is 66.9 Å².